The van der Waals surface area contributed by atoms with Crippen molar-refractivity contribution in [3.8, 4) is 11.4 Å². The molecule has 29 heavy (non-hydrogen) atoms. The number of nitrogens with one attached hydrogen (secondary N) is 1. The molecule has 1 aromatic carbocycles. The first-order valence-corrected chi connectivity index (χ1v) is 10.9. The minimum absolute atomic E-state index is 0.0464. The van der Waals surface area contributed by atoms with Crippen molar-refractivity contribution < 1.29 is 14.7 Å². The molecule has 2 aromatic rings. The summed E-state index contributed by atoms with van der Waals surface area (Å²) in [7, 11) is 0. The van der Waals surface area contributed by atoms with Crippen molar-refractivity contribution in [2.75, 3.05) is 0 Å². The van der Waals surface area contributed by atoms with E-state index in [9.17, 15) is 14.7 Å². The molecule has 1 aromatic heterocycles. The average Bonchev–Trinajstić information content (AvgIpc) is 3.06. The summed E-state index contributed by atoms with van der Waals surface area (Å²) >= 11 is 1.30. The first-order chi connectivity index (χ1) is 13.6. The molecule has 2 rings (SSSR count). The van der Waals surface area contributed by atoms with Crippen LogP contribution in [0.2, 0.25) is 0 Å². The fraction of sp³-hybridized carbons (Fsp3) is 0.500. The lowest BCUT2D eigenvalue weighted by Crippen LogP contribution is -2.30. The molecule has 0 bridgehead atoms. The zero-order valence-corrected chi connectivity index (χ0v) is 18.7. The van der Waals surface area contributed by atoms with Gasteiger partial charge in [-0.15, -0.1) is 11.8 Å². The maximum absolute atomic E-state index is 12.4. The first kappa shape index (κ1) is 23.0. The largest absolute Gasteiger partial charge is 0.480 e. The Kier molecular flexibility index (Phi) is 7.90. The second-order valence-corrected chi connectivity index (χ2v) is 9.62. The molecule has 2 N–H and O–H groups in total. The monoisotopic (exact) mass is 417 g/mol. The SMILES string of the molecule is CCCCCn1cc(C(=O)NC(C)C)nc1-c1ccc(SC(C)(C)C(=O)O)cc1. The maximum atomic E-state index is 12.4. The van der Waals surface area contributed by atoms with Crippen LogP contribution in [0, 0.1) is 0 Å². The van der Waals surface area contributed by atoms with Gasteiger partial charge in [-0.1, -0.05) is 31.9 Å². The minimum atomic E-state index is -0.901. The summed E-state index contributed by atoms with van der Waals surface area (Å²) in [6, 6.07) is 7.73. The second kappa shape index (κ2) is 9.96. The zero-order chi connectivity index (χ0) is 21.6. The topological polar surface area (TPSA) is 84.2 Å². The van der Waals surface area contributed by atoms with Crippen LogP contribution in [0.4, 0.5) is 0 Å². The van der Waals surface area contributed by atoms with Crippen molar-refractivity contribution in [1.82, 2.24) is 14.9 Å². The van der Waals surface area contributed by atoms with Crippen LogP contribution in [-0.4, -0.2) is 37.3 Å². The number of hydrogen-bond acceptors (Lipinski definition) is 4. The molecule has 1 amide bonds. The Morgan fingerprint density at radius 1 is 1.21 bits per heavy atom. The molecule has 0 unspecified atom stereocenters. The fourth-order valence-corrected chi connectivity index (χ4v) is 3.75. The lowest BCUT2D eigenvalue weighted by atomic mass is 10.2. The average molecular weight is 418 g/mol. The van der Waals surface area contributed by atoms with Crippen LogP contribution in [0.1, 0.15) is 64.4 Å². The summed E-state index contributed by atoms with van der Waals surface area (Å²) in [6.07, 6.45) is 5.08. The number of aromatic nitrogens is 2. The van der Waals surface area contributed by atoms with Gasteiger partial charge in [0.05, 0.1) is 0 Å². The molecule has 0 aliphatic carbocycles. The molecular weight excluding hydrogens is 386 g/mol. The van der Waals surface area contributed by atoms with Gasteiger partial charge in [0, 0.05) is 29.2 Å². The van der Waals surface area contributed by atoms with E-state index < -0.39 is 10.7 Å². The number of hydrogen-bond donors (Lipinski definition) is 2. The van der Waals surface area contributed by atoms with Crippen molar-refractivity contribution >= 4 is 23.6 Å². The Labute approximate surface area is 177 Å². The second-order valence-electron chi connectivity index (χ2n) is 7.92. The summed E-state index contributed by atoms with van der Waals surface area (Å²) < 4.78 is 1.14. The highest BCUT2D eigenvalue weighted by molar-refractivity contribution is 8.01. The van der Waals surface area contributed by atoms with Gasteiger partial charge in [-0.2, -0.15) is 0 Å². The molecular formula is C22H31N3O3S. The summed E-state index contributed by atoms with van der Waals surface area (Å²) in [4.78, 5) is 29.2. The molecule has 0 fully saturated rings. The first-order valence-electron chi connectivity index (χ1n) is 10.0. The number of unbranched alkanes of at least 4 members (excludes halogenated alkanes) is 2. The highest BCUT2D eigenvalue weighted by Gasteiger charge is 2.28. The van der Waals surface area contributed by atoms with Crippen molar-refractivity contribution in [2.45, 2.75) is 76.1 Å². The van der Waals surface area contributed by atoms with Crippen LogP contribution in [0.15, 0.2) is 35.4 Å². The molecule has 0 saturated heterocycles. The zero-order valence-electron chi connectivity index (χ0n) is 17.9. The number of rotatable bonds is 10. The number of aryl methyl sites for hydroxylation is 1. The van der Waals surface area contributed by atoms with Gasteiger partial charge in [0.1, 0.15) is 16.3 Å². The summed E-state index contributed by atoms with van der Waals surface area (Å²) in [5.74, 6) is -0.270. The number of nitrogens with zero attached hydrogens (tertiary/aromatic N) is 2. The van der Waals surface area contributed by atoms with Crippen LogP contribution >= 0.6 is 11.8 Å². The Balaban J connectivity index is 2.29. The van der Waals surface area contributed by atoms with Gasteiger partial charge < -0.3 is 15.0 Å². The number of carbonyl (C=O) groups excluding carboxylic acids is 1. The number of thioether (sulfide) groups is 1. The Morgan fingerprint density at radius 2 is 1.86 bits per heavy atom. The number of carbonyl (C=O) groups is 2. The third-order valence-electron chi connectivity index (χ3n) is 4.43. The van der Waals surface area contributed by atoms with Crippen LogP contribution in [0.3, 0.4) is 0 Å². The lowest BCUT2D eigenvalue weighted by molar-refractivity contribution is -0.138. The quantitative estimate of drug-likeness (QED) is 0.427. The van der Waals surface area contributed by atoms with Crippen LogP contribution in [-0.2, 0) is 11.3 Å². The van der Waals surface area contributed by atoms with E-state index in [0.29, 0.717) is 5.69 Å². The van der Waals surface area contributed by atoms with Gasteiger partial charge in [0.2, 0.25) is 0 Å². The van der Waals surface area contributed by atoms with Crippen molar-refractivity contribution in [3.05, 3.63) is 36.2 Å². The molecule has 6 nitrogen and oxygen atoms in total. The van der Waals surface area contributed by atoms with Gasteiger partial charge in [0.15, 0.2) is 0 Å². The molecule has 0 radical (unpaired) electrons. The van der Waals surface area contributed by atoms with Crippen molar-refractivity contribution in [1.29, 1.82) is 0 Å². The van der Waals surface area contributed by atoms with E-state index in [1.165, 1.54) is 11.8 Å². The van der Waals surface area contributed by atoms with E-state index in [1.807, 2.05) is 48.9 Å². The van der Waals surface area contributed by atoms with Gasteiger partial charge in [0.25, 0.3) is 5.91 Å². The standard InChI is InChI=1S/C22H31N3O3S/c1-6-7-8-13-25-14-18(20(26)23-15(2)3)24-19(25)16-9-11-17(12-10-16)29-22(4,5)21(27)28/h9-12,14-15H,6-8,13H2,1-5H3,(H,23,26)(H,27,28). The predicted octanol–water partition coefficient (Wildman–Crippen LogP) is 4.83. The van der Waals surface area contributed by atoms with Gasteiger partial charge in [-0.3, -0.25) is 9.59 Å². The molecule has 1 heterocycles. The Hall–Kier alpha value is -2.28. The third-order valence-corrected chi connectivity index (χ3v) is 5.62. The molecule has 0 saturated carbocycles. The van der Waals surface area contributed by atoms with Crippen LogP contribution < -0.4 is 5.32 Å². The maximum Gasteiger partial charge on any atom is 0.319 e. The van der Waals surface area contributed by atoms with E-state index >= 15 is 0 Å². The Bertz CT molecular complexity index is 841. The molecule has 0 atom stereocenters. The van der Waals surface area contributed by atoms with E-state index in [-0.39, 0.29) is 11.9 Å². The van der Waals surface area contributed by atoms with Gasteiger partial charge in [-0.05, 0) is 46.2 Å². The van der Waals surface area contributed by atoms with E-state index in [1.54, 1.807) is 13.8 Å². The third kappa shape index (κ3) is 6.35. The number of benzene rings is 1. The molecule has 158 valence electrons. The fourth-order valence-electron chi connectivity index (χ4n) is 2.80. The highest BCUT2D eigenvalue weighted by atomic mass is 32.2. The smallest absolute Gasteiger partial charge is 0.319 e. The van der Waals surface area contributed by atoms with Crippen LogP contribution in [0.25, 0.3) is 11.4 Å². The lowest BCUT2D eigenvalue weighted by Gasteiger charge is -2.18. The minimum Gasteiger partial charge on any atom is -0.480 e. The number of imidazole rings is 1. The summed E-state index contributed by atoms with van der Waals surface area (Å²) in [5, 5.41) is 12.2. The van der Waals surface area contributed by atoms with Crippen molar-refractivity contribution in [3.63, 3.8) is 0 Å². The van der Waals surface area contributed by atoms with Gasteiger partial charge >= 0.3 is 5.97 Å². The van der Waals surface area contributed by atoms with Crippen molar-refractivity contribution in [2.24, 2.45) is 0 Å². The molecule has 0 spiro atoms. The molecule has 0 aliphatic heterocycles. The van der Waals surface area contributed by atoms with Crippen LogP contribution in [0.5, 0.6) is 0 Å². The van der Waals surface area contributed by atoms with E-state index in [0.717, 1.165) is 42.1 Å². The van der Waals surface area contributed by atoms with Gasteiger partial charge in [-0.25, -0.2) is 4.98 Å². The van der Waals surface area contributed by atoms with E-state index in [4.69, 9.17) is 0 Å². The number of aliphatic carboxylic acids is 1. The van der Waals surface area contributed by atoms with E-state index in [2.05, 4.69) is 17.2 Å². The summed E-state index contributed by atoms with van der Waals surface area (Å²) in [5.41, 5.74) is 1.32. The highest BCUT2D eigenvalue weighted by Crippen LogP contribution is 2.33. The normalized spacial score (nSPS) is 11.7. The number of carboxylic acids is 1. The molecule has 7 heteroatoms. The molecule has 0 aliphatic rings. The Morgan fingerprint density at radius 3 is 2.41 bits per heavy atom. The summed E-state index contributed by atoms with van der Waals surface area (Å²) in [6.45, 7) is 10.2. The number of carboxylic acid groups (broad SMARTS) is 1. The predicted molar refractivity (Wildman–Crippen MR) is 117 cm³/mol. The number of amides is 1.